The van der Waals surface area contributed by atoms with E-state index in [1.54, 1.807) is 13.8 Å². The van der Waals surface area contributed by atoms with Gasteiger partial charge >= 0.3 is 12.2 Å². The maximum absolute atomic E-state index is 13.0. The molecule has 1 aromatic carbocycles. The number of nitrogens with zero attached hydrogens (tertiary/aromatic N) is 3. The van der Waals surface area contributed by atoms with Gasteiger partial charge in [-0.05, 0) is 24.5 Å². The van der Waals surface area contributed by atoms with Crippen LogP contribution in [0.15, 0.2) is 33.6 Å². The number of rotatable bonds is 5. The Bertz CT molecular complexity index is 1070. The predicted molar refractivity (Wildman–Crippen MR) is 103 cm³/mol. The maximum atomic E-state index is 13.0. The van der Waals surface area contributed by atoms with Crippen LogP contribution in [0.3, 0.4) is 0 Å². The lowest BCUT2D eigenvalue weighted by atomic mass is 10.0. The van der Waals surface area contributed by atoms with Crippen LogP contribution in [0, 0.1) is 11.8 Å². The Morgan fingerprint density at radius 1 is 1.10 bits per heavy atom. The summed E-state index contributed by atoms with van der Waals surface area (Å²) in [6.07, 6.45) is -4.64. The molecule has 1 unspecified atom stereocenters. The van der Waals surface area contributed by atoms with Crippen molar-refractivity contribution in [2.45, 2.75) is 31.3 Å². The number of para-hydroxylation sites is 1. The molecule has 0 aliphatic carbocycles. The van der Waals surface area contributed by atoms with E-state index in [0.29, 0.717) is 4.90 Å². The molecule has 0 saturated carbocycles. The summed E-state index contributed by atoms with van der Waals surface area (Å²) in [4.78, 5) is 38.5. The average molecular weight is 460 g/mol. The molecular weight excluding hydrogens is 441 g/mol. The minimum atomic E-state index is -4.92. The zero-order valence-electron chi connectivity index (χ0n) is 16.5. The molecule has 0 bridgehead atoms. The molecule has 1 atom stereocenters. The number of alkyl halides is 3. The molecule has 1 N–H and O–H groups in total. The molecule has 168 valence electrons. The molecule has 31 heavy (non-hydrogen) atoms. The Kier molecular flexibility index (Phi) is 5.82. The number of carbonyl (C=O) groups excluding carboxylic acids is 3. The smallest absolute Gasteiger partial charge is 0.341 e. The number of hydrogen-bond donors (Lipinski definition) is 1. The topological polar surface area (TPSA) is 116 Å². The van der Waals surface area contributed by atoms with Crippen LogP contribution in [0.25, 0.3) is 0 Å². The number of amides is 4. The largest absolute Gasteiger partial charge is 0.406 e. The standard InChI is InChI=1S/C18H19F3N4O5S/c1-10(2)7-8-24-15(26)13(16(27)25(17(24)28)9-18(19,20)21)14-22-11-5-3-4-6-12(11)31(29,30)23-14/h3-6,10,13H,7-9H2,1-2H3,(H,22,23). The van der Waals surface area contributed by atoms with Crippen molar-refractivity contribution in [1.29, 1.82) is 0 Å². The number of anilines is 1. The van der Waals surface area contributed by atoms with Crippen LogP contribution in [0.1, 0.15) is 20.3 Å². The molecule has 1 aromatic rings. The normalized spacial score (nSPS) is 21.2. The number of carbonyl (C=O) groups is 3. The van der Waals surface area contributed by atoms with Crippen LogP contribution in [0.4, 0.5) is 23.7 Å². The zero-order valence-corrected chi connectivity index (χ0v) is 17.3. The number of nitrogens with one attached hydrogen (secondary N) is 1. The van der Waals surface area contributed by atoms with E-state index >= 15 is 0 Å². The number of halogens is 3. The van der Waals surface area contributed by atoms with Gasteiger partial charge in [0.2, 0.25) is 0 Å². The van der Waals surface area contributed by atoms with Crippen molar-refractivity contribution >= 4 is 39.4 Å². The van der Waals surface area contributed by atoms with Crippen molar-refractivity contribution in [1.82, 2.24) is 9.80 Å². The predicted octanol–water partition coefficient (Wildman–Crippen LogP) is 2.21. The van der Waals surface area contributed by atoms with Gasteiger partial charge in [-0.25, -0.2) is 4.79 Å². The third-order valence-corrected chi connectivity index (χ3v) is 6.02. The van der Waals surface area contributed by atoms with Gasteiger partial charge in [-0.1, -0.05) is 26.0 Å². The molecule has 0 spiro atoms. The van der Waals surface area contributed by atoms with E-state index in [-0.39, 0.29) is 34.4 Å². The number of fused-ring (bicyclic) bond motifs is 1. The molecule has 13 heteroatoms. The van der Waals surface area contributed by atoms with Gasteiger partial charge in [-0.3, -0.25) is 19.4 Å². The molecule has 0 aromatic heterocycles. The summed E-state index contributed by atoms with van der Waals surface area (Å²) >= 11 is 0. The lowest BCUT2D eigenvalue weighted by Gasteiger charge is -2.38. The Balaban J connectivity index is 2.05. The first kappa shape index (κ1) is 22.7. The fourth-order valence-corrected chi connectivity index (χ4v) is 4.32. The first-order valence-electron chi connectivity index (χ1n) is 9.26. The second-order valence-corrected chi connectivity index (χ2v) is 9.07. The van der Waals surface area contributed by atoms with Gasteiger partial charge in [0.15, 0.2) is 5.92 Å². The lowest BCUT2D eigenvalue weighted by Crippen LogP contribution is -2.64. The fraction of sp³-hybridized carbons (Fsp3) is 0.444. The third kappa shape index (κ3) is 4.55. The Morgan fingerprint density at radius 2 is 1.71 bits per heavy atom. The Labute approximate surface area is 176 Å². The van der Waals surface area contributed by atoms with Crippen molar-refractivity contribution in [3.8, 4) is 0 Å². The minimum absolute atomic E-state index is 0.00476. The highest BCUT2D eigenvalue weighted by atomic mass is 32.2. The van der Waals surface area contributed by atoms with Crippen molar-refractivity contribution in [2.75, 3.05) is 18.4 Å². The van der Waals surface area contributed by atoms with Gasteiger partial charge in [0.1, 0.15) is 17.3 Å². The van der Waals surface area contributed by atoms with Crippen LogP contribution in [0.2, 0.25) is 0 Å². The molecule has 1 saturated heterocycles. The fourth-order valence-electron chi connectivity index (χ4n) is 3.16. The van der Waals surface area contributed by atoms with Crippen LogP contribution in [0.5, 0.6) is 0 Å². The molecular formula is C18H19F3N4O5S. The number of urea groups is 1. The first-order chi connectivity index (χ1) is 14.3. The van der Waals surface area contributed by atoms with Crippen molar-refractivity contribution in [3.05, 3.63) is 24.3 Å². The van der Waals surface area contributed by atoms with Gasteiger partial charge in [0, 0.05) is 6.54 Å². The van der Waals surface area contributed by atoms with Gasteiger partial charge < -0.3 is 5.32 Å². The van der Waals surface area contributed by atoms with Crippen molar-refractivity contribution < 1.29 is 36.0 Å². The van der Waals surface area contributed by atoms with Gasteiger partial charge in [0.25, 0.3) is 21.8 Å². The van der Waals surface area contributed by atoms with Crippen molar-refractivity contribution in [3.63, 3.8) is 0 Å². The molecule has 3 rings (SSSR count). The average Bonchev–Trinajstić information content (AvgIpc) is 2.64. The summed E-state index contributed by atoms with van der Waals surface area (Å²) in [5.74, 6) is -5.30. The van der Waals surface area contributed by atoms with E-state index in [1.165, 1.54) is 24.3 Å². The van der Waals surface area contributed by atoms with Crippen LogP contribution < -0.4 is 5.32 Å². The minimum Gasteiger partial charge on any atom is -0.341 e. The van der Waals surface area contributed by atoms with E-state index in [9.17, 15) is 36.0 Å². The monoisotopic (exact) mass is 460 g/mol. The van der Waals surface area contributed by atoms with E-state index in [4.69, 9.17) is 0 Å². The summed E-state index contributed by atoms with van der Waals surface area (Å²) in [5.41, 5.74) is 0.0149. The number of sulfonamides is 1. The highest BCUT2D eigenvalue weighted by molar-refractivity contribution is 7.90. The second kappa shape index (κ2) is 7.94. The molecule has 2 aliphatic rings. The number of hydrogen-bond acceptors (Lipinski definition) is 6. The summed E-state index contributed by atoms with van der Waals surface area (Å²) in [6, 6.07) is 4.13. The third-order valence-electron chi connectivity index (χ3n) is 4.67. The van der Waals surface area contributed by atoms with Gasteiger partial charge in [-0.15, -0.1) is 4.40 Å². The molecule has 4 amide bonds. The van der Waals surface area contributed by atoms with E-state index in [2.05, 4.69) is 9.71 Å². The van der Waals surface area contributed by atoms with Crippen LogP contribution >= 0.6 is 0 Å². The highest BCUT2D eigenvalue weighted by Gasteiger charge is 2.52. The molecule has 9 nitrogen and oxygen atoms in total. The van der Waals surface area contributed by atoms with E-state index in [0.717, 1.165) is 0 Å². The quantitative estimate of drug-likeness (QED) is 0.674. The number of barbiturate groups is 1. The first-order valence-corrected chi connectivity index (χ1v) is 10.7. The Hall–Kier alpha value is -2.96. The molecule has 0 radical (unpaired) electrons. The molecule has 1 fully saturated rings. The number of imide groups is 2. The Morgan fingerprint density at radius 3 is 2.32 bits per heavy atom. The van der Waals surface area contributed by atoms with E-state index < -0.39 is 52.3 Å². The summed E-state index contributed by atoms with van der Waals surface area (Å²) < 4.78 is 67.5. The number of amidine groups is 1. The van der Waals surface area contributed by atoms with Gasteiger partial charge in [-0.2, -0.15) is 21.6 Å². The number of benzene rings is 1. The second-order valence-electron chi connectivity index (χ2n) is 7.50. The van der Waals surface area contributed by atoms with Crippen LogP contribution in [-0.2, 0) is 19.6 Å². The summed E-state index contributed by atoms with van der Waals surface area (Å²) in [7, 11) is -4.32. The lowest BCUT2D eigenvalue weighted by molar-refractivity contribution is -0.164. The van der Waals surface area contributed by atoms with Crippen LogP contribution in [-0.4, -0.2) is 61.2 Å². The summed E-state index contributed by atoms with van der Waals surface area (Å²) in [6.45, 7) is 1.42. The summed E-state index contributed by atoms with van der Waals surface area (Å²) in [5, 5.41) is 2.55. The van der Waals surface area contributed by atoms with Gasteiger partial charge in [0.05, 0.1) is 5.69 Å². The maximum Gasteiger partial charge on any atom is 0.406 e. The SMILES string of the molecule is CC(C)CCN1C(=O)C(C2=NS(=O)(=O)c3ccccc3N2)C(=O)N(CC(F)(F)F)C1=O. The van der Waals surface area contributed by atoms with Crippen molar-refractivity contribution in [2.24, 2.45) is 16.2 Å². The van der Waals surface area contributed by atoms with E-state index in [1.807, 2.05) is 0 Å². The zero-order chi connectivity index (χ0) is 23.1. The molecule has 2 aliphatic heterocycles. The highest BCUT2D eigenvalue weighted by Crippen LogP contribution is 2.31. The molecule has 2 heterocycles.